The SMILES string of the molecule is O=CC1CCCCN1Cc1csc(Cl)c1. The summed E-state index contributed by atoms with van der Waals surface area (Å²) in [5.41, 5.74) is 1.22. The molecule has 1 unspecified atom stereocenters. The van der Waals surface area contributed by atoms with Gasteiger partial charge in [-0.25, -0.2) is 0 Å². The van der Waals surface area contributed by atoms with E-state index in [1.807, 2.05) is 6.07 Å². The average Bonchev–Trinajstić information content (AvgIpc) is 2.65. The lowest BCUT2D eigenvalue weighted by Crippen LogP contribution is -2.39. The number of hydrogen-bond donors (Lipinski definition) is 0. The van der Waals surface area contributed by atoms with Crippen molar-refractivity contribution >= 4 is 29.2 Å². The number of thiophene rings is 1. The minimum atomic E-state index is 0.109. The Morgan fingerprint density at radius 3 is 3.13 bits per heavy atom. The van der Waals surface area contributed by atoms with E-state index in [1.54, 1.807) is 11.3 Å². The number of rotatable bonds is 3. The minimum Gasteiger partial charge on any atom is -0.302 e. The predicted molar refractivity (Wildman–Crippen MR) is 63.4 cm³/mol. The molecule has 0 bridgehead atoms. The zero-order valence-electron chi connectivity index (χ0n) is 8.49. The fourth-order valence-electron chi connectivity index (χ4n) is 2.03. The van der Waals surface area contributed by atoms with Gasteiger partial charge >= 0.3 is 0 Å². The highest BCUT2D eigenvalue weighted by Crippen LogP contribution is 2.23. The lowest BCUT2D eigenvalue weighted by Gasteiger charge is -2.31. The number of hydrogen-bond acceptors (Lipinski definition) is 3. The van der Waals surface area contributed by atoms with Gasteiger partial charge in [-0.3, -0.25) is 4.90 Å². The van der Waals surface area contributed by atoms with Crippen molar-refractivity contribution in [3.63, 3.8) is 0 Å². The largest absolute Gasteiger partial charge is 0.302 e. The summed E-state index contributed by atoms with van der Waals surface area (Å²) in [7, 11) is 0. The van der Waals surface area contributed by atoms with Gasteiger partial charge in [-0.1, -0.05) is 18.0 Å². The molecule has 0 radical (unpaired) electrons. The summed E-state index contributed by atoms with van der Waals surface area (Å²) >= 11 is 7.43. The summed E-state index contributed by atoms with van der Waals surface area (Å²) in [6.07, 6.45) is 4.45. The molecule has 1 atom stereocenters. The Balaban J connectivity index is 2.00. The number of likely N-dealkylation sites (tertiary alicyclic amines) is 1. The Bertz CT molecular complexity index is 339. The monoisotopic (exact) mass is 243 g/mol. The van der Waals surface area contributed by atoms with Crippen LogP contribution >= 0.6 is 22.9 Å². The molecule has 15 heavy (non-hydrogen) atoms. The van der Waals surface area contributed by atoms with E-state index in [1.165, 1.54) is 18.4 Å². The summed E-state index contributed by atoms with van der Waals surface area (Å²) in [5, 5.41) is 2.07. The third-order valence-corrected chi connectivity index (χ3v) is 3.97. The van der Waals surface area contributed by atoms with Crippen molar-refractivity contribution in [2.24, 2.45) is 0 Å². The Hall–Kier alpha value is -0.380. The molecule has 2 heterocycles. The molecule has 1 aliphatic rings. The Morgan fingerprint density at radius 2 is 2.47 bits per heavy atom. The second-order valence-electron chi connectivity index (χ2n) is 3.93. The third kappa shape index (κ3) is 2.80. The van der Waals surface area contributed by atoms with Gasteiger partial charge in [0, 0.05) is 6.54 Å². The van der Waals surface area contributed by atoms with Crippen LogP contribution in [0.1, 0.15) is 24.8 Å². The van der Waals surface area contributed by atoms with Gasteiger partial charge in [0.2, 0.25) is 0 Å². The Morgan fingerprint density at radius 1 is 1.60 bits per heavy atom. The maximum absolute atomic E-state index is 10.9. The molecular formula is C11H14ClNOS. The van der Waals surface area contributed by atoms with Crippen molar-refractivity contribution < 1.29 is 4.79 Å². The number of aldehydes is 1. The van der Waals surface area contributed by atoms with Crippen molar-refractivity contribution in [2.45, 2.75) is 31.8 Å². The van der Waals surface area contributed by atoms with Crippen LogP contribution in [0.4, 0.5) is 0 Å². The van der Waals surface area contributed by atoms with Crippen LogP contribution in [0.15, 0.2) is 11.4 Å². The third-order valence-electron chi connectivity index (χ3n) is 2.83. The first-order chi connectivity index (χ1) is 7.29. The molecule has 0 N–H and O–H groups in total. The Kier molecular flexibility index (Phi) is 3.78. The summed E-state index contributed by atoms with van der Waals surface area (Å²) in [5.74, 6) is 0. The molecule has 2 rings (SSSR count). The van der Waals surface area contributed by atoms with E-state index in [0.29, 0.717) is 0 Å². The quantitative estimate of drug-likeness (QED) is 0.761. The van der Waals surface area contributed by atoms with Crippen LogP contribution in [-0.4, -0.2) is 23.8 Å². The molecule has 4 heteroatoms. The van der Waals surface area contributed by atoms with E-state index in [-0.39, 0.29) is 6.04 Å². The molecule has 1 fully saturated rings. The van der Waals surface area contributed by atoms with E-state index in [2.05, 4.69) is 10.3 Å². The molecule has 1 aromatic heterocycles. The average molecular weight is 244 g/mol. The van der Waals surface area contributed by atoms with E-state index >= 15 is 0 Å². The van der Waals surface area contributed by atoms with E-state index in [9.17, 15) is 4.79 Å². The number of piperidine rings is 1. The van der Waals surface area contributed by atoms with Gasteiger partial charge in [0.15, 0.2) is 0 Å². The minimum absolute atomic E-state index is 0.109. The summed E-state index contributed by atoms with van der Waals surface area (Å²) in [6.45, 7) is 1.88. The topological polar surface area (TPSA) is 20.3 Å². The van der Waals surface area contributed by atoms with Crippen molar-refractivity contribution in [3.05, 3.63) is 21.3 Å². The molecule has 82 valence electrons. The molecule has 1 aliphatic heterocycles. The van der Waals surface area contributed by atoms with E-state index < -0.39 is 0 Å². The molecule has 0 amide bonds. The smallest absolute Gasteiger partial charge is 0.137 e. The first-order valence-corrected chi connectivity index (χ1v) is 6.47. The van der Waals surface area contributed by atoms with Crippen LogP contribution in [0.3, 0.4) is 0 Å². The molecule has 1 saturated heterocycles. The van der Waals surface area contributed by atoms with Crippen LogP contribution in [0.2, 0.25) is 4.34 Å². The van der Waals surface area contributed by atoms with Gasteiger partial charge in [-0.15, -0.1) is 11.3 Å². The van der Waals surface area contributed by atoms with Gasteiger partial charge in [0.25, 0.3) is 0 Å². The second kappa shape index (κ2) is 5.10. The van der Waals surface area contributed by atoms with Crippen LogP contribution < -0.4 is 0 Å². The highest BCUT2D eigenvalue weighted by molar-refractivity contribution is 7.14. The number of nitrogens with zero attached hydrogens (tertiary/aromatic N) is 1. The van der Waals surface area contributed by atoms with Gasteiger partial charge < -0.3 is 4.79 Å². The van der Waals surface area contributed by atoms with Gasteiger partial charge in [0.1, 0.15) is 6.29 Å². The Labute approximate surface area is 98.8 Å². The fourth-order valence-corrected chi connectivity index (χ4v) is 2.93. The summed E-state index contributed by atoms with van der Waals surface area (Å²) < 4.78 is 0.824. The molecule has 1 aromatic rings. The maximum Gasteiger partial charge on any atom is 0.137 e. The lowest BCUT2D eigenvalue weighted by molar-refractivity contribution is -0.113. The van der Waals surface area contributed by atoms with Crippen LogP contribution in [0, 0.1) is 0 Å². The lowest BCUT2D eigenvalue weighted by atomic mass is 10.0. The highest BCUT2D eigenvalue weighted by atomic mass is 35.5. The molecule has 0 spiro atoms. The van der Waals surface area contributed by atoms with E-state index in [4.69, 9.17) is 11.6 Å². The second-order valence-corrected chi connectivity index (χ2v) is 5.47. The van der Waals surface area contributed by atoms with Gasteiger partial charge in [0.05, 0.1) is 10.4 Å². The summed E-state index contributed by atoms with van der Waals surface area (Å²) in [6, 6.07) is 2.10. The van der Waals surface area contributed by atoms with Crippen molar-refractivity contribution in [2.75, 3.05) is 6.54 Å². The molecule has 0 saturated carbocycles. The van der Waals surface area contributed by atoms with Crippen LogP contribution in [0.25, 0.3) is 0 Å². The van der Waals surface area contributed by atoms with Crippen LogP contribution in [-0.2, 0) is 11.3 Å². The van der Waals surface area contributed by atoms with Gasteiger partial charge in [-0.05, 0) is 36.4 Å². The van der Waals surface area contributed by atoms with Crippen molar-refractivity contribution in [1.29, 1.82) is 0 Å². The highest BCUT2D eigenvalue weighted by Gasteiger charge is 2.21. The van der Waals surface area contributed by atoms with Crippen molar-refractivity contribution in [1.82, 2.24) is 4.90 Å². The van der Waals surface area contributed by atoms with Crippen molar-refractivity contribution in [3.8, 4) is 0 Å². The van der Waals surface area contributed by atoms with Crippen LogP contribution in [0.5, 0.6) is 0 Å². The normalized spacial score (nSPS) is 22.9. The number of carbonyl (C=O) groups is 1. The molecule has 0 aliphatic carbocycles. The predicted octanol–water partition coefficient (Wildman–Crippen LogP) is 2.95. The first-order valence-electron chi connectivity index (χ1n) is 5.22. The summed E-state index contributed by atoms with van der Waals surface area (Å²) in [4.78, 5) is 13.1. The van der Waals surface area contributed by atoms with Gasteiger partial charge in [-0.2, -0.15) is 0 Å². The maximum atomic E-state index is 10.9. The zero-order valence-corrected chi connectivity index (χ0v) is 10.1. The zero-order chi connectivity index (χ0) is 10.7. The first kappa shape index (κ1) is 11.1. The fraction of sp³-hybridized carbons (Fsp3) is 0.545. The number of carbonyl (C=O) groups excluding carboxylic acids is 1. The van der Waals surface area contributed by atoms with E-state index in [0.717, 1.165) is 30.1 Å². The molecular weight excluding hydrogens is 230 g/mol. The molecule has 2 nitrogen and oxygen atoms in total. The molecule has 0 aromatic carbocycles. The number of halogens is 1. The standard InChI is InChI=1S/C11H14ClNOS/c12-11-5-9(8-15-11)6-13-4-2-1-3-10(13)7-14/h5,7-8,10H,1-4,6H2.